The minimum atomic E-state index is 0.793. The Morgan fingerprint density at radius 3 is 2.76 bits per heavy atom. The third kappa shape index (κ3) is 3.26. The molecule has 0 aliphatic heterocycles. The van der Waals surface area contributed by atoms with Gasteiger partial charge in [0.1, 0.15) is 0 Å². The van der Waals surface area contributed by atoms with Gasteiger partial charge in [0.2, 0.25) is 0 Å². The number of nitrogens with zero attached hydrogens (tertiary/aromatic N) is 3. The van der Waals surface area contributed by atoms with Gasteiger partial charge in [-0.15, -0.1) is 0 Å². The fourth-order valence-corrected chi connectivity index (χ4v) is 1.52. The summed E-state index contributed by atoms with van der Waals surface area (Å²) in [5.74, 6) is 0. The molecule has 0 aliphatic carbocycles. The standard InChI is InChI=1S/C13H16N4/c1-3-17-10-13(9-16-17)7-14-6-12-5-4-11(2)15-8-12/h3-5,8-10,14H,1,6-7H2,2H3. The minimum Gasteiger partial charge on any atom is -0.308 e. The molecule has 0 aliphatic rings. The number of nitrogens with one attached hydrogen (secondary N) is 1. The van der Waals surface area contributed by atoms with Crippen molar-refractivity contribution in [3.63, 3.8) is 0 Å². The van der Waals surface area contributed by atoms with Gasteiger partial charge < -0.3 is 5.32 Å². The molecule has 0 amide bonds. The van der Waals surface area contributed by atoms with E-state index in [0.29, 0.717) is 0 Å². The molecule has 0 aromatic carbocycles. The van der Waals surface area contributed by atoms with Crippen LogP contribution in [-0.2, 0) is 13.1 Å². The van der Waals surface area contributed by atoms with Gasteiger partial charge in [-0.3, -0.25) is 4.98 Å². The van der Waals surface area contributed by atoms with Crippen LogP contribution < -0.4 is 5.32 Å². The summed E-state index contributed by atoms with van der Waals surface area (Å²) in [6.45, 7) is 7.24. The Hall–Kier alpha value is -1.94. The average Bonchev–Trinajstić information content (AvgIpc) is 2.80. The molecule has 4 nitrogen and oxygen atoms in total. The van der Waals surface area contributed by atoms with Crippen molar-refractivity contribution in [3.8, 4) is 0 Å². The Morgan fingerprint density at radius 2 is 2.12 bits per heavy atom. The van der Waals surface area contributed by atoms with Crippen molar-refractivity contribution in [3.05, 3.63) is 54.1 Å². The third-order valence-electron chi connectivity index (χ3n) is 2.47. The second-order valence-electron chi connectivity index (χ2n) is 3.92. The maximum absolute atomic E-state index is 4.25. The van der Waals surface area contributed by atoms with Gasteiger partial charge in [-0.2, -0.15) is 5.10 Å². The summed E-state index contributed by atoms with van der Waals surface area (Å²) < 4.78 is 1.70. The lowest BCUT2D eigenvalue weighted by molar-refractivity contribution is 0.691. The van der Waals surface area contributed by atoms with Crippen LogP contribution >= 0.6 is 0 Å². The van der Waals surface area contributed by atoms with E-state index in [4.69, 9.17) is 0 Å². The third-order valence-corrected chi connectivity index (χ3v) is 2.47. The van der Waals surface area contributed by atoms with E-state index < -0.39 is 0 Å². The highest BCUT2D eigenvalue weighted by molar-refractivity contribution is 5.18. The predicted molar refractivity (Wildman–Crippen MR) is 68.1 cm³/mol. The number of pyridine rings is 1. The van der Waals surface area contributed by atoms with Gasteiger partial charge in [0.05, 0.1) is 6.20 Å². The van der Waals surface area contributed by atoms with E-state index in [9.17, 15) is 0 Å². The van der Waals surface area contributed by atoms with E-state index in [1.165, 1.54) is 5.56 Å². The molecule has 0 spiro atoms. The summed E-state index contributed by atoms with van der Waals surface area (Å²) in [5, 5.41) is 7.47. The first kappa shape index (κ1) is 11.5. The van der Waals surface area contributed by atoms with E-state index in [1.54, 1.807) is 10.9 Å². The molecule has 0 radical (unpaired) electrons. The smallest absolute Gasteiger partial charge is 0.0538 e. The lowest BCUT2D eigenvalue weighted by atomic mass is 10.2. The van der Waals surface area contributed by atoms with Crippen LogP contribution in [0.25, 0.3) is 6.20 Å². The van der Waals surface area contributed by atoms with Crippen molar-refractivity contribution in [1.82, 2.24) is 20.1 Å². The highest BCUT2D eigenvalue weighted by Crippen LogP contribution is 2.01. The molecule has 0 saturated carbocycles. The summed E-state index contributed by atoms with van der Waals surface area (Å²) in [4.78, 5) is 4.25. The summed E-state index contributed by atoms with van der Waals surface area (Å²) in [6, 6.07) is 4.11. The molecule has 88 valence electrons. The van der Waals surface area contributed by atoms with Gasteiger partial charge in [-0.25, -0.2) is 4.68 Å². The Kier molecular flexibility index (Phi) is 3.67. The zero-order chi connectivity index (χ0) is 12.1. The summed E-state index contributed by atoms with van der Waals surface area (Å²) in [6.07, 6.45) is 7.36. The van der Waals surface area contributed by atoms with Crippen molar-refractivity contribution in [1.29, 1.82) is 0 Å². The predicted octanol–water partition coefficient (Wildman–Crippen LogP) is 1.98. The molecular formula is C13H16N4. The molecule has 2 heterocycles. The van der Waals surface area contributed by atoms with Gasteiger partial charge in [0, 0.05) is 42.9 Å². The quantitative estimate of drug-likeness (QED) is 0.851. The number of aromatic nitrogens is 3. The zero-order valence-corrected chi connectivity index (χ0v) is 9.93. The lowest BCUT2D eigenvalue weighted by Gasteiger charge is -2.03. The van der Waals surface area contributed by atoms with E-state index in [-0.39, 0.29) is 0 Å². The van der Waals surface area contributed by atoms with Gasteiger partial charge in [0.15, 0.2) is 0 Å². The first-order valence-electron chi connectivity index (χ1n) is 5.56. The van der Waals surface area contributed by atoms with Crippen LogP contribution in [0.1, 0.15) is 16.8 Å². The van der Waals surface area contributed by atoms with Crippen molar-refractivity contribution in [2.24, 2.45) is 0 Å². The minimum absolute atomic E-state index is 0.793. The first-order valence-corrected chi connectivity index (χ1v) is 5.56. The van der Waals surface area contributed by atoms with Crippen LogP contribution in [-0.4, -0.2) is 14.8 Å². The van der Waals surface area contributed by atoms with E-state index in [0.717, 1.165) is 24.3 Å². The molecular weight excluding hydrogens is 212 g/mol. The van der Waals surface area contributed by atoms with Crippen molar-refractivity contribution in [2.75, 3.05) is 0 Å². The molecule has 2 rings (SSSR count). The number of hydrogen-bond acceptors (Lipinski definition) is 3. The molecule has 4 heteroatoms. The Balaban J connectivity index is 1.83. The normalized spacial score (nSPS) is 10.4. The lowest BCUT2D eigenvalue weighted by Crippen LogP contribution is -2.12. The first-order chi connectivity index (χ1) is 8.28. The van der Waals surface area contributed by atoms with Crippen LogP contribution in [0.15, 0.2) is 37.3 Å². The van der Waals surface area contributed by atoms with Crippen LogP contribution in [0, 0.1) is 6.92 Å². The van der Waals surface area contributed by atoms with Crippen LogP contribution in [0.2, 0.25) is 0 Å². The van der Waals surface area contributed by atoms with Crippen molar-refractivity contribution >= 4 is 6.20 Å². The van der Waals surface area contributed by atoms with E-state index in [2.05, 4.69) is 28.0 Å². The maximum atomic E-state index is 4.25. The molecule has 2 aromatic rings. The molecule has 2 aromatic heterocycles. The van der Waals surface area contributed by atoms with Gasteiger partial charge >= 0.3 is 0 Å². The highest BCUT2D eigenvalue weighted by Gasteiger charge is 1.97. The van der Waals surface area contributed by atoms with E-state index in [1.807, 2.05) is 31.6 Å². The number of hydrogen-bond donors (Lipinski definition) is 1. The Bertz CT molecular complexity index is 484. The highest BCUT2D eigenvalue weighted by atomic mass is 15.2. The van der Waals surface area contributed by atoms with Crippen molar-refractivity contribution < 1.29 is 0 Å². The molecule has 0 saturated heterocycles. The summed E-state index contributed by atoms with van der Waals surface area (Å²) in [5.41, 5.74) is 3.37. The second kappa shape index (κ2) is 5.41. The van der Waals surface area contributed by atoms with Crippen LogP contribution in [0.3, 0.4) is 0 Å². The molecule has 0 unspecified atom stereocenters. The molecule has 0 bridgehead atoms. The SMILES string of the molecule is C=Cn1cc(CNCc2ccc(C)nc2)cn1. The zero-order valence-electron chi connectivity index (χ0n) is 9.93. The Labute approximate surface area is 101 Å². The number of rotatable bonds is 5. The van der Waals surface area contributed by atoms with Crippen LogP contribution in [0.5, 0.6) is 0 Å². The topological polar surface area (TPSA) is 42.7 Å². The van der Waals surface area contributed by atoms with Gasteiger partial charge in [-0.05, 0) is 18.6 Å². The van der Waals surface area contributed by atoms with E-state index >= 15 is 0 Å². The molecule has 0 atom stereocenters. The molecule has 1 N–H and O–H groups in total. The summed E-state index contributed by atoms with van der Waals surface area (Å²) >= 11 is 0. The largest absolute Gasteiger partial charge is 0.308 e. The van der Waals surface area contributed by atoms with Gasteiger partial charge in [-0.1, -0.05) is 12.6 Å². The Morgan fingerprint density at radius 1 is 1.29 bits per heavy atom. The maximum Gasteiger partial charge on any atom is 0.0538 e. The summed E-state index contributed by atoms with van der Waals surface area (Å²) in [7, 11) is 0. The monoisotopic (exact) mass is 228 g/mol. The van der Waals surface area contributed by atoms with Gasteiger partial charge in [0.25, 0.3) is 0 Å². The average molecular weight is 228 g/mol. The second-order valence-corrected chi connectivity index (χ2v) is 3.92. The number of aryl methyl sites for hydroxylation is 1. The fourth-order valence-electron chi connectivity index (χ4n) is 1.52. The van der Waals surface area contributed by atoms with Crippen LogP contribution in [0.4, 0.5) is 0 Å². The molecule has 0 fully saturated rings. The van der Waals surface area contributed by atoms with Crippen molar-refractivity contribution in [2.45, 2.75) is 20.0 Å². The molecule has 17 heavy (non-hydrogen) atoms. The fraction of sp³-hybridized carbons (Fsp3) is 0.231.